The van der Waals surface area contributed by atoms with E-state index in [9.17, 15) is 4.79 Å². The summed E-state index contributed by atoms with van der Waals surface area (Å²) in [5.74, 6) is 0.434. The van der Waals surface area contributed by atoms with Crippen molar-refractivity contribution in [2.24, 2.45) is 13.0 Å². The van der Waals surface area contributed by atoms with E-state index >= 15 is 0 Å². The summed E-state index contributed by atoms with van der Waals surface area (Å²) in [5, 5.41) is 6.48. The molecule has 128 valence electrons. The third-order valence-electron chi connectivity index (χ3n) is 5.19. The van der Waals surface area contributed by atoms with Crippen LogP contribution in [-0.2, 0) is 24.9 Å². The van der Waals surface area contributed by atoms with Crippen molar-refractivity contribution in [3.8, 4) is 0 Å². The Morgan fingerprint density at radius 1 is 1.29 bits per heavy atom. The van der Waals surface area contributed by atoms with Crippen molar-refractivity contribution in [3.05, 3.63) is 34.0 Å². The second kappa shape index (κ2) is 6.29. The Balaban J connectivity index is 1.51. The summed E-state index contributed by atoms with van der Waals surface area (Å²) >= 11 is 1.59. The lowest BCUT2D eigenvalue weighted by molar-refractivity contribution is -0.140. The minimum atomic E-state index is 0.124. The van der Waals surface area contributed by atoms with Crippen molar-refractivity contribution >= 4 is 17.2 Å². The predicted molar refractivity (Wildman–Crippen MR) is 92.4 cm³/mol. The first-order valence-electron chi connectivity index (χ1n) is 8.49. The third kappa shape index (κ3) is 2.98. The largest absolute Gasteiger partial charge is 0.332 e. The number of amides is 1. The van der Waals surface area contributed by atoms with Crippen LogP contribution in [0.1, 0.15) is 29.8 Å². The maximum absolute atomic E-state index is 12.9. The highest BCUT2D eigenvalue weighted by molar-refractivity contribution is 7.07. The van der Waals surface area contributed by atoms with Gasteiger partial charge in [-0.25, -0.2) is 4.98 Å². The zero-order chi connectivity index (χ0) is 16.7. The monoisotopic (exact) mass is 345 g/mol. The van der Waals surface area contributed by atoms with E-state index < -0.39 is 0 Å². The smallest absolute Gasteiger partial charge is 0.227 e. The molecule has 2 bridgehead atoms. The topological polar surface area (TPSA) is 54.3 Å². The van der Waals surface area contributed by atoms with Crippen LogP contribution in [0, 0.1) is 12.8 Å². The SMILES string of the molecule is Cc1nn(C)cc1CN1C[C@@H]2CC[C@H](C1)N(Cc1cscn1)C2=O. The van der Waals surface area contributed by atoms with Crippen molar-refractivity contribution in [2.75, 3.05) is 13.1 Å². The molecular formula is C17H23N5OS. The maximum atomic E-state index is 12.9. The molecule has 0 aliphatic carbocycles. The van der Waals surface area contributed by atoms with Gasteiger partial charge in [-0.2, -0.15) is 5.10 Å². The number of carbonyl (C=O) groups excluding carboxylic acids is 1. The number of hydrogen-bond acceptors (Lipinski definition) is 5. The Bertz CT molecular complexity index is 725. The van der Waals surface area contributed by atoms with Gasteiger partial charge < -0.3 is 4.90 Å². The first-order valence-corrected chi connectivity index (χ1v) is 9.43. The van der Waals surface area contributed by atoms with Gasteiger partial charge in [0.2, 0.25) is 5.91 Å². The van der Waals surface area contributed by atoms with Gasteiger partial charge in [-0.3, -0.25) is 14.4 Å². The van der Waals surface area contributed by atoms with Gasteiger partial charge in [-0.05, 0) is 19.8 Å². The van der Waals surface area contributed by atoms with Gasteiger partial charge in [0, 0.05) is 49.9 Å². The quantitative estimate of drug-likeness (QED) is 0.848. The molecule has 5 heterocycles. The zero-order valence-corrected chi connectivity index (χ0v) is 15.0. The first-order chi connectivity index (χ1) is 11.6. The van der Waals surface area contributed by atoms with Gasteiger partial charge in [0.1, 0.15) is 0 Å². The second-order valence-electron chi connectivity index (χ2n) is 6.98. The Labute approximate surface area is 146 Å². The van der Waals surface area contributed by atoms with E-state index in [2.05, 4.69) is 33.0 Å². The summed E-state index contributed by atoms with van der Waals surface area (Å²) in [5.41, 5.74) is 5.19. The molecule has 0 N–H and O–H groups in total. The minimum absolute atomic E-state index is 0.124. The minimum Gasteiger partial charge on any atom is -0.332 e. The summed E-state index contributed by atoms with van der Waals surface area (Å²) in [6.07, 6.45) is 4.21. The number of aromatic nitrogens is 3. The molecule has 3 saturated heterocycles. The van der Waals surface area contributed by atoms with Gasteiger partial charge >= 0.3 is 0 Å². The van der Waals surface area contributed by atoms with Crippen molar-refractivity contribution in [3.63, 3.8) is 0 Å². The van der Waals surface area contributed by atoms with E-state index in [1.165, 1.54) is 5.56 Å². The molecule has 7 heteroatoms. The molecule has 5 rings (SSSR count). The average molecular weight is 345 g/mol. The van der Waals surface area contributed by atoms with Crippen LogP contribution < -0.4 is 0 Å². The molecule has 6 nitrogen and oxygen atoms in total. The average Bonchev–Trinajstić information content (AvgIpc) is 3.07. The number of carbonyl (C=O) groups is 1. The van der Waals surface area contributed by atoms with Gasteiger partial charge in [-0.15, -0.1) is 11.3 Å². The number of piperidine rings is 1. The Morgan fingerprint density at radius 3 is 2.88 bits per heavy atom. The highest BCUT2D eigenvalue weighted by Crippen LogP contribution is 2.31. The molecular weight excluding hydrogens is 322 g/mol. The number of thiazole rings is 1. The fourth-order valence-corrected chi connectivity index (χ4v) is 4.55. The number of fused-ring (bicyclic) bond motifs is 4. The van der Waals surface area contributed by atoms with E-state index in [0.717, 1.165) is 43.9 Å². The first kappa shape index (κ1) is 15.8. The van der Waals surface area contributed by atoms with Crippen LogP contribution in [0.15, 0.2) is 17.1 Å². The highest BCUT2D eigenvalue weighted by Gasteiger charge is 2.40. The fourth-order valence-electron chi connectivity index (χ4n) is 4.00. The van der Waals surface area contributed by atoms with Crippen LogP contribution in [0.2, 0.25) is 0 Å². The van der Waals surface area contributed by atoms with Gasteiger partial charge in [-0.1, -0.05) is 0 Å². The summed E-state index contributed by atoms with van der Waals surface area (Å²) in [6.45, 7) is 5.40. The number of hydrogen-bond donors (Lipinski definition) is 0. The molecule has 1 amide bonds. The lowest BCUT2D eigenvalue weighted by Crippen LogP contribution is -2.47. The van der Waals surface area contributed by atoms with Crippen molar-refractivity contribution in [1.29, 1.82) is 0 Å². The van der Waals surface area contributed by atoms with Crippen LogP contribution in [0.25, 0.3) is 0 Å². The number of rotatable bonds is 4. The Kier molecular flexibility index (Phi) is 4.14. The fraction of sp³-hybridized carbons (Fsp3) is 0.588. The summed E-state index contributed by atoms with van der Waals surface area (Å²) in [6, 6.07) is 0.301. The molecule has 0 aromatic carbocycles. The molecule has 0 unspecified atom stereocenters. The normalized spacial score (nSPS) is 24.6. The summed E-state index contributed by atoms with van der Waals surface area (Å²) < 4.78 is 1.87. The molecule has 2 aromatic heterocycles. The van der Waals surface area contributed by atoms with Crippen molar-refractivity contribution < 1.29 is 4.79 Å². The Hall–Kier alpha value is -1.73. The molecule has 3 fully saturated rings. The molecule has 3 aliphatic heterocycles. The van der Waals surface area contributed by atoms with Crippen molar-refractivity contribution in [1.82, 2.24) is 24.6 Å². The molecule has 3 aliphatic rings. The highest BCUT2D eigenvalue weighted by atomic mass is 32.1. The van der Waals surface area contributed by atoms with E-state index in [4.69, 9.17) is 0 Å². The molecule has 0 spiro atoms. The van der Waals surface area contributed by atoms with Gasteiger partial charge in [0.15, 0.2) is 0 Å². The van der Waals surface area contributed by atoms with Crippen LogP contribution in [0.5, 0.6) is 0 Å². The Morgan fingerprint density at radius 2 is 2.17 bits per heavy atom. The van der Waals surface area contributed by atoms with Crippen LogP contribution >= 0.6 is 11.3 Å². The molecule has 2 atom stereocenters. The lowest BCUT2D eigenvalue weighted by Gasteiger charge is -2.35. The van der Waals surface area contributed by atoms with Crippen molar-refractivity contribution in [2.45, 2.75) is 38.9 Å². The zero-order valence-electron chi connectivity index (χ0n) is 14.2. The summed E-state index contributed by atoms with van der Waals surface area (Å²) in [4.78, 5) is 21.7. The lowest BCUT2D eigenvalue weighted by atomic mass is 9.94. The van der Waals surface area contributed by atoms with E-state index in [1.54, 1.807) is 11.3 Å². The molecule has 0 radical (unpaired) electrons. The maximum Gasteiger partial charge on any atom is 0.227 e. The van der Waals surface area contributed by atoms with Crippen LogP contribution in [0.4, 0.5) is 0 Å². The van der Waals surface area contributed by atoms with Gasteiger partial charge in [0.05, 0.1) is 29.4 Å². The van der Waals surface area contributed by atoms with Crippen LogP contribution in [0.3, 0.4) is 0 Å². The van der Waals surface area contributed by atoms with E-state index in [0.29, 0.717) is 18.5 Å². The van der Waals surface area contributed by atoms with E-state index in [-0.39, 0.29) is 5.92 Å². The third-order valence-corrected chi connectivity index (χ3v) is 5.83. The molecule has 0 saturated carbocycles. The van der Waals surface area contributed by atoms with E-state index in [1.807, 2.05) is 22.6 Å². The number of nitrogens with zero attached hydrogens (tertiary/aromatic N) is 5. The van der Waals surface area contributed by atoms with Crippen LogP contribution in [-0.4, -0.2) is 49.6 Å². The summed E-state index contributed by atoms with van der Waals surface area (Å²) in [7, 11) is 1.96. The molecule has 24 heavy (non-hydrogen) atoms. The standard InChI is InChI=1S/C17H23N5OS/c1-12-14(5-20(2)19-12)7-21-6-13-3-4-16(9-21)22(17(13)23)8-15-10-24-11-18-15/h5,10-11,13,16H,3-4,6-9H2,1-2H3/t13-,16+/m0/s1. The molecule has 2 aromatic rings. The van der Waals surface area contributed by atoms with Gasteiger partial charge in [0.25, 0.3) is 0 Å². The number of aryl methyl sites for hydroxylation is 2. The predicted octanol–water partition coefficient (Wildman–Crippen LogP) is 1.81. The second-order valence-corrected chi connectivity index (χ2v) is 7.70.